The minimum Gasteiger partial charge on any atom is -0.497 e. The van der Waals surface area contributed by atoms with E-state index in [0.29, 0.717) is 40.0 Å². The first kappa shape index (κ1) is 44.6. The summed E-state index contributed by atoms with van der Waals surface area (Å²) in [4.78, 5) is 67.8. The fraction of sp³-hybridized carbons (Fsp3) is 0.311. The van der Waals surface area contributed by atoms with Gasteiger partial charge in [-0.25, -0.2) is 0 Å². The van der Waals surface area contributed by atoms with E-state index in [0.717, 1.165) is 19.4 Å². The fourth-order valence-corrected chi connectivity index (χ4v) is 8.44. The highest BCUT2D eigenvalue weighted by molar-refractivity contribution is 8.04. The number of nitrogens with zero attached hydrogens (tertiary/aromatic N) is 3. The van der Waals surface area contributed by atoms with E-state index < -0.39 is 65.4 Å². The second kappa shape index (κ2) is 21.0. The van der Waals surface area contributed by atoms with Crippen molar-refractivity contribution >= 4 is 52.9 Å². The Kier molecular flexibility index (Phi) is 15.6. The summed E-state index contributed by atoms with van der Waals surface area (Å²) in [5, 5.41) is 13.2. The predicted molar refractivity (Wildman–Crippen MR) is 225 cm³/mol. The van der Waals surface area contributed by atoms with E-state index in [4.69, 9.17) is 28.8 Å². The van der Waals surface area contributed by atoms with Crippen LogP contribution < -0.4 is 10.1 Å². The molecule has 1 heterocycles. The van der Waals surface area contributed by atoms with Crippen molar-refractivity contribution < 1.29 is 47.7 Å². The van der Waals surface area contributed by atoms with Gasteiger partial charge >= 0.3 is 23.9 Å². The van der Waals surface area contributed by atoms with Crippen molar-refractivity contribution in [2.45, 2.75) is 63.7 Å². The minimum atomic E-state index is -1.57. The molecule has 0 aromatic heterocycles. The molecule has 5 atom stereocenters. The molecule has 1 aliphatic heterocycles. The van der Waals surface area contributed by atoms with Crippen molar-refractivity contribution in [1.29, 1.82) is 0 Å². The molecule has 0 bridgehead atoms. The Morgan fingerprint density at radius 3 is 1.85 bits per heavy atom. The van der Waals surface area contributed by atoms with Crippen LogP contribution in [0.5, 0.6) is 5.75 Å². The molecule has 0 saturated carbocycles. The van der Waals surface area contributed by atoms with Crippen molar-refractivity contribution in [1.82, 2.24) is 4.90 Å². The average Bonchev–Trinajstić information content (AvgIpc) is 3.56. The first-order chi connectivity index (χ1) is 28.8. The molecule has 0 unspecified atom stereocenters. The number of thioether (sulfide) groups is 1. The molecule has 0 radical (unpaired) electrons. The van der Waals surface area contributed by atoms with Crippen LogP contribution in [0.15, 0.2) is 136 Å². The molecule has 15 heteroatoms. The van der Waals surface area contributed by atoms with Crippen molar-refractivity contribution in [2.75, 3.05) is 26.1 Å². The molecule has 0 saturated heterocycles. The number of allylic oxidation sites excluding steroid dienone is 1. The van der Waals surface area contributed by atoms with Crippen LogP contribution in [0.25, 0.3) is 0 Å². The Morgan fingerprint density at radius 1 is 0.717 bits per heavy atom. The number of amides is 1. The van der Waals surface area contributed by atoms with Crippen LogP contribution in [-0.4, -0.2) is 73.8 Å². The lowest BCUT2D eigenvalue weighted by Crippen LogP contribution is -2.50. The monoisotopic (exact) mass is 836 g/mol. The Balaban J connectivity index is 1.78. The Morgan fingerprint density at radius 2 is 1.28 bits per heavy atom. The summed E-state index contributed by atoms with van der Waals surface area (Å²) in [6.07, 6.45) is -4.59. The zero-order valence-corrected chi connectivity index (χ0v) is 35.0. The maximum Gasteiger partial charge on any atom is 0.303 e. The molecular formula is C45H48N4O10S. The lowest BCUT2D eigenvalue weighted by Gasteiger charge is -2.38. The summed E-state index contributed by atoms with van der Waals surface area (Å²) in [6.45, 7) is 4.51. The van der Waals surface area contributed by atoms with Gasteiger partial charge in [0.15, 0.2) is 12.2 Å². The molecule has 0 fully saturated rings. The van der Waals surface area contributed by atoms with Crippen molar-refractivity contribution in [3.05, 3.63) is 137 Å². The number of esters is 4. The van der Waals surface area contributed by atoms with Gasteiger partial charge in [-0.2, -0.15) is 10.2 Å². The summed E-state index contributed by atoms with van der Waals surface area (Å²) in [5.41, 5.74) is 2.91. The summed E-state index contributed by atoms with van der Waals surface area (Å²) in [7, 11) is 3.43. The second-order valence-electron chi connectivity index (χ2n) is 13.9. The highest BCUT2D eigenvalue weighted by Gasteiger charge is 2.58. The third kappa shape index (κ3) is 11.6. The first-order valence-corrected chi connectivity index (χ1v) is 19.9. The molecule has 4 aromatic rings. The van der Waals surface area contributed by atoms with E-state index in [-0.39, 0.29) is 6.42 Å². The largest absolute Gasteiger partial charge is 0.497 e. The average molecular weight is 837 g/mol. The van der Waals surface area contributed by atoms with Gasteiger partial charge in [0.2, 0.25) is 5.91 Å². The van der Waals surface area contributed by atoms with Crippen LogP contribution in [0.2, 0.25) is 0 Å². The quantitative estimate of drug-likeness (QED) is 0.0589. The van der Waals surface area contributed by atoms with Crippen LogP contribution in [0.1, 0.15) is 45.2 Å². The smallest absolute Gasteiger partial charge is 0.303 e. The second-order valence-corrected chi connectivity index (χ2v) is 15.1. The third-order valence-corrected chi connectivity index (χ3v) is 11.2. The lowest BCUT2D eigenvalue weighted by molar-refractivity contribution is -0.190. The number of nitrogens with one attached hydrogen (secondary N) is 1. The van der Waals surface area contributed by atoms with Crippen LogP contribution in [0.3, 0.4) is 0 Å². The van der Waals surface area contributed by atoms with Gasteiger partial charge in [0.1, 0.15) is 23.2 Å². The Hall–Kier alpha value is -6.48. The number of carbonyl (C=O) groups excluding carboxylic acids is 5. The van der Waals surface area contributed by atoms with Gasteiger partial charge in [-0.05, 0) is 53.9 Å². The highest BCUT2D eigenvalue weighted by atomic mass is 32.2. The maximum atomic E-state index is 15.5. The van der Waals surface area contributed by atoms with E-state index in [9.17, 15) is 19.2 Å². The first-order valence-electron chi connectivity index (χ1n) is 19.1. The topological polar surface area (TPSA) is 171 Å². The zero-order valence-electron chi connectivity index (χ0n) is 34.2. The normalized spacial score (nSPS) is 17.5. The molecule has 4 aromatic carbocycles. The van der Waals surface area contributed by atoms with E-state index in [1.807, 2.05) is 90.8 Å². The van der Waals surface area contributed by atoms with Gasteiger partial charge in [-0.15, -0.1) is 0 Å². The van der Waals surface area contributed by atoms with E-state index in [1.165, 1.54) is 25.6 Å². The number of ether oxygens (including phenoxy) is 5. The summed E-state index contributed by atoms with van der Waals surface area (Å²) < 4.78 is 26.4. The van der Waals surface area contributed by atoms with Crippen molar-refractivity contribution in [3.63, 3.8) is 0 Å². The van der Waals surface area contributed by atoms with Crippen molar-refractivity contribution in [3.8, 4) is 5.75 Å². The molecule has 1 aliphatic rings. The van der Waals surface area contributed by atoms with Gasteiger partial charge < -0.3 is 33.9 Å². The molecule has 0 spiro atoms. The van der Waals surface area contributed by atoms with Crippen LogP contribution >= 0.6 is 11.8 Å². The van der Waals surface area contributed by atoms with Crippen LogP contribution in [-0.2, 0) is 54.2 Å². The Bertz CT molecular complexity index is 2170. The summed E-state index contributed by atoms with van der Waals surface area (Å²) in [5.74, 6) is -3.90. The fourth-order valence-electron chi connectivity index (χ4n) is 6.88. The SMILES string of the molecule is COc1ccc(NC(=O)[C@@]2(c3ccccc3)SC(N(C)Cc3ccccc3)=C(N=Nc3ccccc3)[C@@H]2C[C@@H](OC(C)=O)[C@H](OC(C)=O)[C@@H](COC(C)=O)OC(C)=O)cc1. The number of azo groups is 1. The molecule has 1 N–H and O–H groups in total. The number of hydrogen-bond acceptors (Lipinski definition) is 14. The van der Waals surface area contributed by atoms with Gasteiger partial charge in [0.25, 0.3) is 0 Å². The lowest BCUT2D eigenvalue weighted by atomic mass is 9.78. The van der Waals surface area contributed by atoms with E-state index >= 15 is 4.79 Å². The third-order valence-electron chi connectivity index (χ3n) is 9.41. The number of anilines is 1. The highest BCUT2D eigenvalue weighted by Crippen LogP contribution is 2.60. The van der Waals surface area contributed by atoms with Crippen LogP contribution in [0.4, 0.5) is 11.4 Å². The molecule has 60 heavy (non-hydrogen) atoms. The maximum absolute atomic E-state index is 15.5. The van der Waals surface area contributed by atoms with E-state index in [2.05, 4.69) is 10.4 Å². The van der Waals surface area contributed by atoms with Crippen LogP contribution in [0, 0.1) is 5.92 Å². The van der Waals surface area contributed by atoms with Crippen molar-refractivity contribution in [2.24, 2.45) is 16.1 Å². The molecule has 14 nitrogen and oxygen atoms in total. The van der Waals surface area contributed by atoms with Gasteiger partial charge in [-0.3, -0.25) is 24.0 Å². The minimum absolute atomic E-state index is 0.237. The summed E-state index contributed by atoms with van der Waals surface area (Å²) in [6, 6.07) is 34.8. The number of hydrogen-bond donors (Lipinski definition) is 1. The number of rotatable bonds is 18. The summed E-state index contributed by atoms with van der Waals surface area (Å²) >= 11 is 1.26. The molecule has 1 amide bonds. The number of benzene rings is 4. The number of carbonyl (C=O) groups is 5. The van der Waals surface area contributed by atoms with E-state index in [1.54, 1.807) is 43.5 Å². The van der Waals surface area contributed by atoms with Gasteiger partial charge in [0.05, 0.1) is 23.5 Å². The molecular weight excluding hydrogens is 789 g/mol. The Labute approximate surface area is 353 Å². The molecule has 5 rings (SSSR count). The predicted octanol–water partition coefficient (Wildman–Crippen LogP) is 7.73. The molecule has 314 valence electrons. The van der Waals surface area contributed by atoms with Gasteiger partial charge in [-0.1, -0.05) is 90.6 Å². The van der Waals surface area contributed by atoms with Gasteiger partial charge in [0, 0.05) is 52.9 Å². The number of methoxy groups -OCH3 is 1. The molecule has 0 aliphatic carbocycles. The zero-order chi connectivity index (χ0) is 43.2. The standard InChI is InChI=1S/C45H48N4O10S/c1-29(50)56-28-40(58-31(3)52)42(59-32(4)53)39(57-30(2)51)26-38-41(48-47-36-20-14-9-15-21-36)43(49(5)27-33-16-10-7-11-17-33)60-45(38,34-18-12-8-13-19-34)44(54)46-35-22-24-37(55-6)25-23-35/h7-25,38-40,42H,26-28H2,1-6H3,(H,46,54)/t38-,39+,40+,42-,45-/m0/s1.